The molecule has 1 aromatic carbocycles. The molecular weight excluding hydrogens is 375 g/mol. The molecule has 8 heteroatoms. The lowest BCUT2D eigenvalue weighted by atomic mass is 9.80. The number of esters is 1. The number of hydrogen-bond acceptors (Lipinski definition) is 6. The zero-order valence-electron chi connectivity index (χ0n) is 15.7. The van der Waals surface area contributed by atoms with E-state index < -0.39 is 5.82 Å². The van der Waals surface area contributed by atoms with E-state index in [4.69, 9.17) is 4.74 Å². The maximum atomic E-state index is 14.4. The third-order valence-electron chi connectivity index (χ3n) is 4.97. The molecule has 1 aliphatic rings. The average Bonchev–Trinajstić information content (AvgIpc) is 2.71. The first kappa shape index (κ1) is 18.8. The maximum absolute atomic E-state index is 14.4. The lowest BCUT2D eigenvalue weighted by Gasteiger charge is -2.33. The second-order valence-electron chi connectivity index (χ2n) is 6.88. The van der Waals surface area contributed by atoms with Crippen LogP contribution in [0.2, 0.25) is 0 Å². The molecule has 148 valence electrons. The van der Waals surface area contributed by atoms with Crippen molar-refractivity contribution in [1.29, 1.82) is 0 Å². The largest absolute Gasteiger partial charge is 0.469 e. The summed E-state index contributed by atoms with van der Waals surface area (Å²) in [6.45, 7) is 0. The van der Waals surface area contributed by atoms with Crippen LogP contribution in [0.15, 0.2) is 59.7 Å². The minimum atomic E-state index is -0.561. The van der Waals surface area contributed by atoms with Gasteiger partial charge in [0.2, 0.25) is 5.95 Å². The molecule has 1 aliphatic carbocycles. The fourth-order valence-electron chi connectivity index (χ4n) is 3.36. The highest BCUT2D eigenvalue weighted by Gasteiger charge is 2.35. The van der Waals surface area contributed by atoms with E-state index in [1.54, 1.807) is 42.6 Å². The smallest absolute Gasteiger partial charge is 0.308 e. The molecule has 0 spiro atoms. The number of rotatable bonds is 5. The Balaban J connectivity index is 1.57. The third-order valence-corrected chi connectivity index (χ3v) is 4.97. The minimum Gasteiger partial charge on any atom is -0.469 e. The van der Waals surface area contributed by atoms with Gasteiger partial charge in [-0.1, -0.05) is 18.2 Å². The molecule has 0 radical (unpaired) electrons. The summed E-state index contributed by atoms with van der Waals surface area (Å²) in [5, 5.41) is 3.13. The van der Waals surface area contributed by atoms with Crippen molar-refractivity contribution in [2.24, 2.45) is 5.92 Å². The van der Waals surface area contributed by atoms with Crippen LogP contribution in [0, 0.1) is 11.7 Å². The van der Waals surface area contributed by atoms with Crippen molar-refractivity contribution < 1.29 is 13.9 Å². The van der Waals surface area contributed by atoms with Gasteiger partial charge in [-0.25, -0.2) is 14.4 Å². The fourth-order valence-corrected chi connectivity index (χ4v) is 3.36. The fraction of sp³-hybridized carbons (Fsp3) is 0.238. The SMILES string of the molecule is COC(=O)[C@H]1C[C@@H](Nc2ncc(F)c(-c3cccc(-n4ccccc4=O)c3)n2)C1. The predicted molar refractivity (Wildman–Crippen MR) is 105 cm³/mol. The van der Waals surface area contributed by atoms with E-state index in [0.29, 0.717) is 24.1 Å². The quantitative estimate of drug-likeness (QED) is 0.670. The summed E-state index contributed by atoms with van der Waals surface area (Å²) in [6, 6.07) is 11.8. The Morgan fingerprint density at radius 3 is 2.83 bits per heavy atom. The van der Waals surface area contributed by atoms with Gasteiger partial charge in [0.1, 0.15) is 5.69 Å². The number of carbonyl (C=O) groups is 1. The van der Waals surface area contributed by atoms with Gasteiger partial charge in [0, 0.05) is 29.6 Å². The lowest BCUT2D eigenvalue weighted by molar-refractivity contribution is -0.148. The van der Waals surface area contributed by atoms with Crippen molar-refractivity contribution in [2.45, 2.75) is 18.9 Å². The van der Waals surface area contributed by atoms with E-state index in [0.717, 1.165) is 6.20 Å². The van der Waals surface area contributed by atoms with Crippen LogP contribution in [0.1, 0.15) is 12.8 Å². The Labute approximate surface area is 166 Å². The van der Waals surface area contributed by atoms with Crippen LogP contribution in [-0.2, 0) is 9.53 Å². The van der Waals surface area contributed by atoms with Crippen LogP contribution in [0.4, 0.5) is 10.3 Å². The summed E-state index contributed by atoms with van der Waals surface area (Å²) in [5.41, 5.74) is 1.10. The highest BCUT2D eigenvalue weighted by atomic mass is 19.1. The van der Waals surface area contributed by atoms with Crippen molar-refractivity contribution >= 4 is 11.9 Å². The number of pyridine rings is 1. The molecule has 4 rings (SSSR count). The molecule has 1 N–H and O–H groups in total. The number of nitrogens with zero attached hydrogens (tertiary/aromatic N) is 3. The van der Waals surface area contributed by atoms with Crippen molar-refractivity contribution in [3.8, 4) is 16.9 Å². The van der Waals surface area contributed by atoms with E-state index >= 15 is 0 Å². The topological polar surface area (TPSA) is 86.1 Å². The van der Waals surface area contributed by atoms with Gasteiger partial charge in [0.25, 0.3) is 5.56 Å². The van der Waals surface area contributed by atoms with Gasteiger partial charge in [-0.2, -0.15) is 0 Å². The van der Waals surface area contributed by atoms with Crippen LogP contribution < -0.4 is 10.9 Å². The summed E-state index contributed by atoms with van der Waals surface area (Å²) in [7, 11) is 1.37. The van der Waals surface area contributed by atoms with Gasteiger partial charge in [-0.15, -0.1) is 0 Å². The van der Waals surface area contributed by atoms with Gasteiger partial charge < -0.3 is 10.1 Å². The molecule has 1 fully saturated rings. The van der Waals surface area contributed by atoms with E-state index in [-0.39, 0.29) is 35.1 Å². The van der Waals surface area contributed by atoms with Crippen LogP contribution >= 0.6 is 0 Å². The Hall–Kier alpha value is -3.55. The van der Waals surface area contributed by atoms with E-state index in [1.807, 2.05) is 0 Å². The highest BCUT2D eigenvalue weighted by molar-refractivity contribution is 5.73. The summed E-state index contributed by atoms with van der Waals surface area (Å²) >= 11 is 0. The molecule has 3 aromatic rings. The molecule has 0 unspecified atom stereocenters. The molecule has 0 aliphatic heterocycles. The Morgan fingerprint density at radius 1 is 1.24 bits per heavy atom. The van der Waals surface area contributed by atoms with Crippen LogP contribution in [0.5, 0.6) is 0 Å². The van der Waals surface area contributed by atoms with Crippen molar-refractivity contribution in [1.82, 2.24) is 14.5 Å². The number of aromatic nitrogens is 3. The first-order valence-corrected chi connectivity index (χ1v) is 9.20. The van der Waals surface area contributed by atoms with Gasteiger partial charge in [0.05, 0.1) is 19.2 Å². The normalized spacial score (nSPS) is 18.0. The molecule has 0 saturated heterocycles. The minimum absolute atomic E-state index is 0.0339. The summed E-state index contributed by atoms with van der Waals surface area (Å²) in [5.74, 6) is -0.624. The Kier molecular flexibility index (Phi) is 5.07. The van der Waals surface area contributed by atoms with E-state index in [2.05, 4.69) is 15.3 Å². The standard InChI is InChI=1S/C21H19FN4O3/c1-29-20(28)14-9-15(10-14)24-21-23-12-17(22)19(25-21)13-5-4-6-16(11-13)26-8-3-2-7-18(26)27/h2-8,11-12,14-15H,9-10H2,1H3,(H,23,24,25)/t14-,15+. The van der Waals surface area contributed by atoms with Gasteiger partial charge in [0.15, 0.2) is 5.82 Å². The number of nitrogens with one attached hydrogen (secondary N) is 1. The molecule has 2 heterocycles. The molecule has 0 bridgehead atoms. The summed E-state index contributed by atoms with van der Waals surface area (Å²) in [4.78, 5) is 31.9. The van der Waals surface area contributed by atoms with Crippen molar-refractivity contribution in [3.63, 3.8) is 0 Å². The van der Waals surface area contributed by atoms with Crippen molar-refractivity contribution in [2.75, 3.05) is 12.4 Å². The molecule has 7 nitrogen and oxygen atoms in total. The first-order valence-electron chi connectivity index (χ1n) is 9.20. The van der Waals surface area contributed by atoms with Crippen molar-refractivity contribution in [3.05, 3.63) is 71.0 Å². The summed E-state index contributed by atoms with van der Waals surface area (Å²) in [6.07, 6.45) is 4.01. The van der Waals surface area contributed by atoms with Gasteiger partial charge in [-0.3, -0.25) is 14.2 Å². The number of anilines is 1. The highest BCUT2D eigenvalue weighted by Crippen LogP contribution is 2.31. The Bertz CT molecular complexity index is 1110. The van der Waals surface area contributed by atoms with Gasteiger partial charge >= 0.3 is 5.97 Å². The number of methoxy groups -OCH3 is 1. The zero-order valence-corrected chi connectivity index (χ0v) is 15.7. The number of halogens is 1. The number of benzene rings is 1. The third kappa shape index (κ3) is 3.87. The molecule has 2 aromatic heterocycles. The maximum Gasteiger partial charge on any atom is 0.308 e. The average molecular weight is 394 g/mol. The van der Waals surface area contributed by atoms with Crippen LogP contribution in [0.3, 0.4) is 0 Å². The Morgan fingerprint density at radius 2 is 2.07 bits per heavy atom. The predicted octanol–water partition coefficient (Wildman–Crippen LogP) is 2.80. The molecule has 0 amide bonds. The number of hydrogen-bond donors (Lipinski definition) is 1. The number of carbonyl (C=O) groups excluding carboxylic acids is 1. The zero-order chi connectivity index (χ0) is 20.4. The molecule has 1 saturated carbocycles. The van der Waals surface area contributed by atoms with Crippen LogP contribution in [-0.4, -0.2) is 33.7 Å². The number of ether oxygens (including phenoxy) is 1. The van der Waals surface area contributed by atoms with E-state index in [9.17, 15) is 14.0 Å². The second-order valence-corrected chi connectivity index (χ2v) is 6.88. The molecule has 0 atom stereocenters. The van der Waals surface area contributed by atoms with Gasteiger partial charge in [-0.05, 0) is 31.0 Å². The van der Waals surface area contributed by atoms with E-state index in [1.165, 1.54) is 17.7 Å². The second kappa shape index (κ2) is 7.83. The van der Waals surface area contributed by atoms with Crippen LogP contribution in [0.25, 0.3) is 16.9 Å². The lowest BCUT2D eigenvalue weighted by Crippen LogP contribution is -2.40. The molecular formula is C21H19FN4O3. The first-order chi connectivity index (χ1) is 14.0. The molecule has 29 heavy (non-hydrogen) atoms. The summed E-state index contributed by atoms with van der Waals surface area (Å²) < 4.78 is 20.6. The monoisotopic (exact) mass is 394 g/mol.